The summed E-state index contributed by atoms with van der Waals surface area (Å²) in [6, 6.07) is 58.8. The number of H-pyrrole nitrogens is 2. The number of rotatable bonds is 8. The fraction of sp³-hybridized carbons (Fsp3) is 0.154. The molecular weight excluding hydrogens is 1090 g/mol. The van der Waals surface area contributed by atoms with Crippen molar-refractivity contribution in [1.82, 2.24) is 19.9 Å². The Morgan fingerprint density at radius 3 is 0.849 bits per heavy atom. The second kappa shape index (κ2) is 25.2. The maximum atomic E-state index is 11.4. The minimum Gasteiger partial charge on any atom is -0.354 e. The summed E-state index contributed by atoms with van der Waals surface area (Å²) in [5, 5.41) is 0.202. The van der Waals surface area contributed by atoms with E-state index in [2.05, 4.69) is 220 Å². The molecule has 86 heavy (non-hydrogen) atoms. The minimum atomic E-state index is -0.0325. The zero-order valence-electron chi connectivity index (χ0n) is 49.4. The predicted octanol–water partition coefficient (Wildman–Crippen LogP) is 18.3. The lowest BCUT2D eigenvalue weighted by Crippen LogP contribution is -2.10. The summed E-state index contributed by atoms with van der Waals surface area (Å²) in [5.74, 6) is 26.3. The molecule has 9 aromatic rings. The SMILES string of the molecule is CC(=O)SCc1ccc(C#CC#Cc2ccc(-c3c4nc(c(-c5ccc(C(C)(C)C)cc5)c5ccc([nH]5)c(-c5ccc(C#CC#Cc6ccc(CSC(C)=O)cc6)cc5)c5nc(c(-c6ccc(C(C)(C)C)cc6)c6ccc3[nH]6)C=C5)C=C4)cc2)cc1. The van der Waals surface area contributed by atoms with E-state index in [4.69, 9.17) is 9.97 Å². The maximum Gasteiger partial charge on any atom is 0.186 e. The van der Waals surface area contributed by atoms with Gasteiger partial charge >= 0.3 is 0 Å². The average Bonchev–Trinajstić information content (AvgIpc) is 2.00. The number of benzene rings is 6. The molecule has 2 aliphatic rings. The van der Waals surface area contributed by atoms with Crippen LogP contribution in [0.3, 0.4) is 0 Å². The molecule has 0 unspecified atom stereocenters. The highest BCUT2D eigenvalue weighted by Crippen LogP contribution is 2.40. The molecule has 0 saturated heterocycles. The molecule has 11 rings (SSSR count). The summed E-state index contributed by atoms with van der Waals surface area (Å²) >= 11 is 2.59. The quantitative estimate of drug-likeness (QED) is 0.147. The third-order valence-electron chi connectivity index (χ3n) is 14.9. The van der Waals surface area contributed by atoms with Crippen LogP contribution in [0.5, 0.6) is 0 Å². The molecule has 0 saturated carbocycles. The number of hydrogen-bond donors (Lipinski definition) is 2. The second-order valence-corrected chi connectivity index (χ2v) is 25.6. The first-order valence-corrected chi connectivity index (χ1v) is 30.5. The van der Waals surface area contributed by atoms with Gasteiger partial charge in [0.1, 0.15) is 0 Å². The molecular formula is C78H62N4O2S2. The van der Waals surface area contributed by atoms with E-state index >= 15 is 0 Å². The van der Waals surface area contributed by atoms with Crippen molar-refractivity contribution < 1.29 is 9.59 Å². The number of fused-ring (bicyclic) bond motifs is 8. The normalized spacial score (nSPS) is 11.5. The minimum absolute atomic E-state index is 0.0325. The van der Waals surface area contributed by atoms with E-state index in [9.17, 15) is 9.59 Å². The molecule has 8 heteroatoms. The van der Waals surface area contributed by atoms with Gasteiger partial charge in [-0.2, -0.15) is 0 Å². The summed E-state index contributed by atoms with van der Waals surface area (Å²) in [5.41, 5.74) is 22.7. The second-order valence-electron chi connectivity index (χ2n) is 23.3. The van der Waals surface area contributed by atoms with Crippen molar-refractivity contribution in [1.29, 1.82) is 0 Å². The van der Waals surface area contributed by atoms with Gasteiger partial charge in [-0.15, -0.1) is 0 Å². The van der Waals surface area contributed by atoms with Crippen molar-refractivity contribution in [2.75, 3.05) is 0 Å². The van der Waals surface area contributed by atoms with Gasteiger partial charge in [-0.1, -0.05) is 186 Å². The van der Waals surface area contributed by atoms with Gasteiger partial charge in [0.2, 0.25) is 0 Å². The fourth-order valence-electron chi connectivity index (χ4n) is 10.3. The summed E-state index contributed by atoms with van der Waals surface area (Å²) in [6.07, 6.45) is 8.50. The molecule has 0 amide bonds. The van der Waals surface area contributed by atoms with Crippen LogP contribution >= 0.6 is 23.5 Å². The van der Waals surface area contributed by atoms with E-state index in [-0.39, 0.29) is 21.1 Å². The molecule has 2 aliphatic heterocycles. The van der Waals surface area contributed by atoms with Gasteiger partial charge in [0.05, 0.1) is 22.8 Å². The van der Waals surface area contributed by atoms with Crippen LogP contribution in [0.4, 0.5) is 0 Å². The largest absolute Gasteiger partial charge is 0.354 e. The predicted molar refractivity (Wildman–Crippen MR) is 362 cm³/mol. The smallest absolute Gasteiger partial charge is 0.186 e. The average molecular weight is 1150 g/mol. The van der Waals surface area contributed by atoms with Crippen molar-refractivity contribution >= 4 is 80.1 Å². The van der Waals surface area contributed by atoms with Crippen LogP contribution in [-0.2, 0) is 31.9 Å². The number of carbonyl (C=O) groups excluding carboxylic acids is 2. The van der Waals surface area contributed by atoms with Crippen LogP contribution in [-0.4, -0.2) is 30.2 Å². The lowest BCUT2D eigenvalue weighted by Gasteiger charge is -2.19. The highest BCUT2D eigenvalue weighted by atomic mass is 32.2. The Labute approximate surface area is 513 Å². The van der Waals surface area contributed by atoms with E-state index in [1.807, 2.05) is 72.8 Å². The van der Waals surface area contributed by atoms with Crippen molar-refractivity contribution in [2.45, 2.75) is 77.7 Å². The Kier molecular flexibility index (Phi) is 17.0. The van der Waals surface area contributed by atoms with Gasteiger partial charge in [0.25, 0.3) is 0 Å². The van der Waals surface area contributed by atoms with Crippen LogP contribution < -0.4 is 0 Å². The molecule has 6 nitrogen and oxygen atoms in total. The van der Waals surface area contributed by atoms with Gasteiger partial charge in [-0.05, 0) is 176 Å². The number of aromatic nitrogens is 4. The Morgan fingerprint density at radius 2 is 0.605 bits per heavy atom. The number of hydrogen-bond acceptors (Lipinski definition) is 6. The number of thioether (sulfide) groups is 2. The molecule has 0 aliphatic carbocycles. The zero-order chi connectivity index (χ0) is 60.0. The summed E-state index contributed by atoms with van der Waals surface area (Å²) < 4.78 is 0. The van der Waals surface area contributed by atoms with Crippen molar-refractivity contribution in [3.8, 4) is 91.9 Å². The molecule has 5 heterocycles. The monoisotopic (exact) mass is 1150 g/mol. The molecule has 6 aromatic carbocycles. The van der Waals surface area contributed by atoms with Gasteiger partial charge in [0.15, 0.2) is 10.2 Å². The summed E-state index contributed by atoms with van der Waals surface area (Å²) in [6.45, 7) is 16.6. The lowest BCUT2D eigenvalue weighted by molar-refractivity contribution is -0.109. The van der Waals surface area contributed by atoms with Crippen LogP contribution in [0.1, 0.15) is 123 Å². The first-order valence-electron chi connectivity index (χ1n) is 28.6. The highest BCUT2D eigenvalue weighted by molar-refractivity contribution is 8.13. The molecule has 3 aromatic heterocycles. The molecule has 0 spiro atoms. The van der Waals surface area contributed by atoms with Crippen LogP contribution in [0.15, 0.2) is 170 Å². The third-order valence-corrected chi connectivity index (χ3v) is 16.7. The maximum absolute atomic E-state index is 11.4. The standard InChI is InChI=1S/C78H62N4O2S2/c1-51(83)85-49-57-21-17-53(18-22-57)13-9-11-15-55-25-29-59(30-26-55)73-65-41-45-69(79-65)75(61-33-37-63(38-34-61)77(3,4)5)71-47-43-67(81-71)74(60-31-27-56(28-32-60)16-12-10-14-54-19-23-58(24-20-54)50-86-52(2)84)68-44-48-72(82-68)76(70-46-42-66(73)80-70)62-35-39-64(40-36-62)78(6,7)8/h17-48,79,82H,49-50H2,1-8H3. The van der Waals surface area contributed by atoms with Crippen LogP contribution in [0.25, 0.3) is 90.9 Å². The Bertz CT molecular complexity index is 4310. The van der Waals surface area contributed by atoms with Crippen molar-refractivity contribution in [3.63, 3.8) is 0 Å². The highest BCUT2D eigenvalue weighted by Gasteiger charge is 2.21. The van der Waals surface area contributed by atoms with E-state index in [1.54, 1.807) is 13.8 Å². The number of carbonyl (C=O) groups is 2. The Balaban J connectivity index is 1.06. The van der Waals surface area contributed by atoms with Gasteiger partial charge in [0, 0.05) is 91.9 Å². The van der Waals surface area contributed by atoms with Crippen LogP contribution in [0, 0.1) is 47.4 Å². The van der Waals surface area contributed by atoms with Crippen LogP contribution in [0.2, 0.25) is 0 Å². The molecule has 0 radical (unpaired) electrons. The molecule has 0 atom stereocenters. The first-order chi connectivity index (χ1) is 41.5. The van der Waals surface area contributed by atoms with Gasteiger partial charge in [-0.25, -0.2) is 9.97 Å². The topological polar surface area (TPSA) is 91.5 Å². The van der Waals surface area contributed by atoms with Gasteiger partial charge in [-0.3, -0.25) is 9.59 Å². The molecule has 8 bridgehead atoms. The zero-order valence-corrected chi connectivity index (χ0v) is 51.0. The van der Waals surface area contributed by atoms with Crippen molar-refractivity contribution in [2.24, 2.45) is 0 Å². The van der Waals surface area contributed by atoms with E-state index in [0.717, 1.165) is 123 Å². The van der Waals surface area contributed by atoms with E-state index < -0.39 is 0 Å². The summed E-state index contributed by atoms with van der Waals surface area (Å²) in [4.78, 5) is 41.8. The Morgan fingerprint density at radius 1 is 0.360 bits per heavy atom. The number of nitrogens with zero attached hydrogens (tertiary/aromatic N) is 2. The summed E-state index contributed by atoms with van der Waals surface area (Å²) in [7, 11) is 0. The third kappa shape index (κ3) is 13.7. The molecule has 418 valence electrons. The van der Waals surface area contributed by atoms with E-state index in [0.29, 0.717) is 11.5 Å². The van der Waals surface area contributed by atoms with Gasteiger partial charge < -0.3 is 9.97 Å². The van der Waals surface area contributed by atoms with E-state index in [1.165, 1.54) is 34.7 Å². The molecule has 2 N–H and O–H groups in total. The lowest BCUT2D eigenvalue weighted by atomic mass is 9.86. The first kappa shape index (κ1) is 58.0. The molecule has 0 fully saturated rings. The van der Waals surface area contributed by atoms with Crippen molar-refractivity contribution in [3.05, 3.63) is 237 Å². The Hall–Kier alpha value is -9.80. The fourth-order valence-corrected chi connectivity index (χ4v) is 11.4. The number of nitrogens with one attached hydrogen (secondary N) is 2. The number of aromatic amines is 2.